The number of likely N-dealkylation sites (N-methyl/N-ethyl adjacent to an activating group) is 1. The van der Waals surface area contributed by atoms with E-state index in [1.54, 1.807) is 25.3 Å². The number of imide groups is 1. The Balaban J connectivity index is 1.71. The smallest absolute Gasteiger partial charge is 0.332 e. The van der Waals surface area contributed by atoms with E-state index in [0.29, 0.717) is 12.2 Å². The van der Waals surface area contributed by atoms with Crippen LogP contribution in [0.15, 0.2) is 41.1 Å². The molecule has 0 spiro atoms. The molecular formula is C19H21N3O3S. The number of nitrogens with zero attached hydrogens (tertiary/aromatic N) is 3. The highest BCUT2D eigenvalue weighted by Crippen LogP contribution is 2.26. The van der Waals surface area contributed by atoms with Gasteiger partial charge in [-0.2, -0.15) is 11.3 Å². The van der Waals surface area contributed by atoms with E-state index in [9.17, 15) is 14.4 Å². The standard InChI is InChI=1S/C19H21N3O3S/c1-13-4-6-16(7-5-13)22-14(2)18(24)21(19(22)25)11-17(23)20(3)10-15-8-9-26-12-15/h4-9,12,14H,10-11H2,1-3H3/t14-/m0/s1. The number of benzene rings is 1. The Hall–Kier alpha value is -2.67. The zero-order chi connectivity index (χ0) is 18.8. The molecule has 0 saturated carbocycles. The van der Waals surface area contributed by atoms with Gasteiger partial charge in [0.05, 0.1) is 0 Å². The molecule has 0 aliphatic carbocycles. The molecule has 1 aromatic heterocycles. The van der Waals surface area contributed by atoms with Crippen molar-refractivity contribution in [3.05, 3.63) is 52.2 Å². The maximum Gasteiger partial charge on any atom is 0.332 e. The average Bonchev–Trinajstić information content (AvgIpc) is 3.19. The lowest BCUT2D eigenvalue weighted by Gasteiger charge is -2.21. The number of amides is 4. The molecule has 2 heterocycles. The summed E-state index contributed by atoms with van der Waals surface area (Å²) in [6, 6.07) is 8.27. The summed E-state index contributed by atoms with van der Waals surface area (Å²) in [5, 5.41) is 3.92. The first-order valence-corrected chi connectivity index (χ1v) is 9.29. The van der Waals surface area contributed by atoms with Crippen molar-refractivity contribution < 1.29 is 14.4 Å². The summed E-state index contributed by atoms with van der Waals surface area (Å²) in [7, 11) is 1.67. The van der Waals surface area contributed by atoms with E-state index in [1.807, 2.05) is 48.0 Å². The first-order valence-electron chi connectivity index (χ1n) is 8.34. The number of aryl methyl sites for hydroxylation is 1. The zero-order valence-electron chi connectivity index (χ0n) is 15.0. The van der Waals surface area contributed by atoms with Crippen molar-refractivity contribution >= 4 is 34.9 Å². The lowest BCUT2D eigenvalue weighted by atomic mass is 10.2. The molecule has 2 aromatic rings. The number of hydrogen-bond acceptors (Lipinski definition) is 4. The van der Waals surface area contributed by atoms with Crippen LogP contribution in [0.25, 0.3) is 0 Å². The predicted molar refractivity (Wildman–Crippen MR) is 101 cm³/mol. The maximum atomic E-state index is 12.7. The number of carbonyl (C=O) groups excluding carboxylic acids is 3. The van der Waals surface area contributed by atoms with E-state index in [0.717, 1.165) is 16.0 Å². The molecule has 26 heavy (non-hydrogen) atoms. The molecule has 7 heteroatoms. The van der Waals surface area contributed by atoms with Crippen LogP contribution in [-0.2, 0) is 16.1 Å². The number of thiophene rings is 1. The van der Waals surface area contributed by atoms with Gasteiger partial charge in [0, 0.05) is 19.3 Å². The number of carbonyl (C=O) groups is 3. The van der Waals surface area contributed by atoms with E-state index >= 15 is 0 Å². The minimum Gasteiger partial charge on any atom is -0.340 e. The van der Waals surface area contributed by atoms with Gasteiger partial charge >= 0.3 is 6.03 Å². The van der Waals surface area contributed by atoms with Crippen molar-refractivity contribution in [2.24, 2.45) is 0 Å². The molecule has 0 unspecified atom stereocenters. The van der Waals surface area contributed by atoms with Gasteiger partial charge in [0.1, 0.15) is 12.6 Å². The zero-order valence-corrected chi connectivity index (χ0v) is 15.8. The van der Waals surface area contributed by atoms with Crippen LogP contribution in [0.2, 0.25) is 0 Å². The molecule has 0 bridgehead atoms. The Kier molecular flexibility index (Phi) is 5.08. The summed E-state index contributed by atoms with van der Waals surface area (Å²) in [5.74, 6) is -0.622. The summed E-state index contributed by atoms with van der Waals surface area (Å²) in [6.07, 6.45) is 0. The Morgan fingerprint density at radius 1 is 1.19 bits per heavy atom. The van der Waals surface area contributed by atoms with Crippen LogP contribution in [-0.4, -0.2) is 47.3 Å². The fourth-order valence-electron chi connectivity index (χ4n) is 2.91. The second-order valence-electron chi connectivity index (χ2n) is 6.47. The third-order valence-corrected chi connectivity index (χ3v) is 5.21. The fraction of sp³-hybridized carbons (Fsp3) is 0.316. The summed E-state index contributed by atoms with van der Waals surface area (Å²) in [4.78, 5) is 41.8. The van der Waals surface area contributed by atoms with Crippen LogP contribution in [0.5, 0.6) is 0 Å². The SMILES string of the molecule is Cc1ccc(N2C(=O)N(CC(=O)N(C)Cc3ccsc3)C(=O)[C@@H]2C)cc1. The summed E-state index contributed by atoms with van der Waals surface area (Å²) in [6.45, 7) is 3.85. The highest BCUT2D eigenvalue weighted by molar-refractivity contribution is 7.07. The van der Waals surface area contributed by atoms with Gasteiger partial charge in [-0.3, -0.25) is 19.4 Å². The molecule has 1 fully saturated rings. The topological polar surface area (TPSA) is 60.9 Å². The lowest BCUT2D eigenvalue weighted by molar-refractivity contribution is -0.136. The van der Waals surface area contributed by atoms with Crippen LogP contribution in [0, 0.1) is 6.92 Å². The Morgan fingerprint density at radius 2 is 1.88 bits per heavy atom. The first-order chi connectivity index (χ1) is 12.4. The van der Waals surface area contributed by atoms with Gasteiger partial charge in [0.15, 0.2) is 0 Å². The van der Waals surface area contributed by atoms with Crippen molar-refractivity contribution in [1.29, 1.82) is 0 Å². The molecule has 1 saturated heterocycles. The van der Waals surface area contributed by atoms with Gasteiger partial charge in [-0.25, -0.2) is 4.79 Å². The van der Waals surface area contributed by atoms with E-state index in [4.69, 9.17) is 0 Å². The number of rotatable bonds is 5. The molecule has 0 N–H and O–H groups in total. The van der Waals surface area contributed by atoms with Crippen LogP contribution in [0.3, 0.4) is 0 Å². The summed E-state index contributed by atoms with van der Waals surface area (Å²) in [5.41, 5.74) is 2.75. The Morgan fingerprint density at radius 3 is 2.50 bits per heavy atom. The Bertz CT molecular complexity index is 817. The normalized spacial score (nSPS) is 17.1. The number of anilines is 1. The minimum absolute atomic E-state index is 0.245. The van der Waals surface area contributed by atoms with Crippen molar-refractivity contribution in [2.45, 2.75) is 26.4 Å². The second kappa shape index (κ2) is 7.29. The molecule has 3 rings (SSSR count). The molecule has 1 atom stereocenters. The van der Waals surface area contributed by atoms with Gasteiger partial charge in [-0.15, -0.1) is 0 Å². The molecule has 4 amide bonds. The largest absolute Gasteiger partial charge is 0.340 e. The first kappa shape index (κ1) is 18.1. The molecule has 0 radical (unpaired) electrons. The van der Waals surface area contributed by atoms with E-state index < -0.39 is 12.1 Å². The third-order valence-electron chi connectivity index (χ3n) is 4.48. The quantitative estimate of drug-likeness (QED) is 0.760. The molecule has 1 aliphatic heterocycles. The molecule has 136 valence electrons. The monoisotopic (exact) mass is 371 g/mol. The maximum absolute atomic E-state index is 12.7. The van der Waals surface area contributed by atoms with Crippen LogP contribution in [0.4, 0.5) is 10.5 Å². The molecular weight excluding hydrogens is 350 g/mol. The van der Waals surface area contributed by atoms with E-state index in [1.165, 1.54) is 9.80 Å². The fourth-order valence-corrected chi connectivity index (χ4v) is 3.57. The molecule has 1 aromatic carbocycles. The van der Waals surface area contributed by atoms with Gasteiger partial charge in [-0.1, -0.05) is 17.7 Å². The van der Waals surface area contributed by atoms with Crippen LogP contribution >= 0.6 is 11.3 Å². The molecule has 6 nitrogen and oxygen atoms in total. The van der Waals surface area contributed by atoms with Gasteiger partial charge < -0.3 is 4.90 Å². The van der Waals surface area contributed by atoms with Crippen LogP contribution < -0.4 is 4.90 Å². The summed E-state index contributed by atoms with van der Waals surface area (Å²) >= 11 is 1.56. The number of urea groups is 1. The van der Waals surface area contributed by atoms with Crippen molar-refractivity contribution in [3.63, 3.8) is 0 Å². The number of hydrogen-bond donors (Lipinski definition) is 0. The van der Waals surface area contributed by atoms with Crippen molar-refractivity contribution in [2.75, 3.05) is 18.5 Å². The van der Waals surface area contributed by atoms with Gasteiger partial charge in [0.2, 0.25) is 5.91 Å². The second-order valence-corrected chi connectivity index (χ2v) is 7.25. The van der Waals surface area contributed by atoms with Crippen molar-refractivity contribution in [1.82, 2.24) is 9.80 Å². The average molecular weight is 371 g/mol. The third kappa shape index (κ3) is 3.48. The van der Waals surface area contributed by atoms with Gasteiger partial charge in [-0.05, 0) is 48.4 Å². The van der Waals surface area contributed by atoms with E-state index in [-0.39, 0.29) is 18.4 Å². The summed E-state index contributed by atoms with van der Waals surface area (Å²) < 4.78 is 0. The predicted octanol–water partition coefficient (Wildman–Crippen LogP) is 2.87. The van der Waals surface area contributed by atoms with Crippen molar-refractivity contribution in [3.8, 4) is 0 Å². The molecule has 1 aliphatic rings. The lowest BCUT2D eigenvalue weighted by Crippen LogP contribution is -2.42. The van der Waals surface area contributed by atoms with Crippen LogP contribution in [0.1, 0.15) is 18.1 Å². The minimum atomic E-state index is -0.625. The van der Waals surface area contributed by atoms with E-state index in [2.05, 4.69) is 0 Å². The Labute approximate surface area is 156 Å². The highest BCUT2D eigenvalue weighted by Gasteiger charge is 2.44. The highest BCUT2D eigenvalue weighted by atomic mass is 32.1. The van der Waals surface area contributed by atoms with Gasteiger partial charge in [0.25, 0.3) is 5.91 Å².